The molecule has 0 aliphatic rings. The molecule has 0 aliphatic carbocycles. The van der Waals surface area contributed by atoms with E-state index in [1.165, 1.54) is 6.92 Å². The van der Waals surface area contributed by atoms with Gasteiger partial charge < -0.3 is 16.2 Å². The second kappa shape index (κ2) is 5.27. The zero-order valence-corrected chi connectivity index (χ0v) is 8.93. The van der Waals surface area contributed by atoms with Crippen molar-refractivity contribution in [1.82, 2.24) is 5.32 Å². The highest BCUT2D eigenvalue weighted by Crippen LogP contribution is 2.07. The van der Waals surface area contributed by atoms with Gasteiger partial charge in [-0.05, 0) is 18.6 Å². The summed E-state index contributed by atoms with van der Waals surface area (Å²) in [7, 11) is 0. The number of hydrogen-bond donors (Lipinski definition) is 3. The molecule has 0 aromatic heterocycles. The molecule has 5 nitrogen and oxygen atoms in total. The lowest BCUT2D eigenvalue weighted by Crippen LogP contribution is -2.33. The van der Waals surface area contributed by atoms with Crippen molar-refractivity contribution in [3.63, 3.8) is 0 Å². The summed E-state index contributed by atoms with van der Waals surface area (Å²) in [5, 5.41) is 11.5. The molecular formula is C11H14N2O3. The minimum atomic E-state index is -0.934. The largest absolute Gasteiger partial charge is 0.480 e. The van der Waals surface area contributed by atoms with E-state index in [4.69, 9.17) is 10.8 Å². The van der Waals surface area contributed by atoms with E-state index >= 15 is 0 Å². The fourth-order valence-electron chi connectivity index (χ4n) is 1.27. The first-order valence-corrected chi connectivity index (χ1v) is 4.86. The standard InChI is InChI=1S/C11H14N2O3/c1-7(11(15)16)13-6-8-4-2-3-5-9(8)10(12)14/h2-5,7,13H,6H2,1H3,(H2,12,14)(H,15,16). The van der Waals surface area contributed by atoms with Gasteiger partial charge in [0.1, 0.15) is 6.04 Å². The first kappa shape index (κ1) is 12.2. The second-order valence-corrected chi connectivity index (χ2v) is 3.46. The number of primary amides is 1. The van der Waals surface area contributed by atoms with E-state index in [1.807, 2.05) is 0 Å². The summed E-state index contributed by atoms with van der Waals surface area (Å²) in [6.07, 6.45) is 0. The molecule has 1 aromatic rings. The third-order valence-corrected chi connectivity index (χ3v) is 2.25. The van der Waals surface area contributed by atoms with Crippen LogP contribution in [0.25, 0.3) is 0 Å². The van der Waals surface area contributed by atoms with Gasteiger partial charge in [0, 0.05) is 12.1 Å². The van der Waals surface area contributed by atoms with Crippen LogP contribution in [0.5, 0.6) is 0 Å². The van der Waals surface area contributed by atoms with E-state index in [-0.39, 0.29) is 0 Å². The fraction of sp³-hybridized carbons (Fsp3) is 0.273. The van der Waals surface area contributed by atoms with Crippen molar-refractivity contribution in [3.05, 3.63) is 35.4 Å². The molecule has 0 saturated heterocycles. The molecule has 5 heteroatoms. The van der Waals surface area contributed by atoms with Crippen LogP contribution in [0.2, 0.25) is 0 Å². The van der Waals surface area contributed by atoms with Gasteiger partial charge in [-0.25, -0.2) is 0 Å². The number of carboxylic acids is 1. The molecule has 0 fully saturated rings. The van der Waals surface area contributed by atoms with Gasteiger partial charge in [0.05, 0.1) is 0 Å². The lowest BCUT2D eigenvalue weighted by molar-refractivity contribution is -0.139. The lowest BCUT2D eigenvalue weighted by atomic mass is 10.1. The number of hydrogen-bond acceptors (Lipinski definition) is 3. The Labute approximate surface area is 93.3 Å². The van der Waals surface area contributed by atoms with Crippen molar-refractivity contribution in [2.24, 2.45) is 5.73 Å². The maximum Gasteiger partial charge on any atom is 0.320 e. The third kappa shape index (κ3) is 3.06. The Hall–Kier alpha value is -1.88. The number of amides is 1. The predicted octanol–water partition coefficient (Wildman–Crippen LogP) is 0.348. The van der Waals surface area contributed by atoms with Crippen LogP contribution >= 0.6 is 0 Å². The Balaban J connectivity index is 2.74. The van der Waals surface area contributed by atoms with Crippen molar-refractivity contribution in [3.8, 4) is 0 Å². The SMILES string of the molecule is CC(NCc1ccccc1C(N)=O)C(=O)O. The molecule has 0 saturated carbocycles. The highest BCUT2D eigenvalue weighted by molar-refractivity contribution is 5.94. The summed E-state index contributed by atoms with van der Waals surface area (Å²) in [5.74, 6) is -1.45. The van der Waals surface area contributed by atoms with Crippen molar-refractivity contribution in [1.29, 1.82) is 0 Å². The quantitative estimate of drug-likeness (QED) is 0.670. The van der Waals surface area contributed by atoms with Crippen LogP contribution in [0.1, 0.15) is 22.8 Å². The molecular weight excluding hydrogens is 208 g/mol. The summed E-state index contributed by atoms with van der Waals surface area (Å²) >= 11 is 0. The number of carbonyl (C=O) groups is 2. The van der Waals surface area contributed by atoms with Gasteiger partial charge in [-0.3, -0.25) is 9.59 Å². The Morgan fingerprint density at radius 2 is 2.06 bits per heavy atom. The number of nitrogens with two attached hydrogens (primary N) is 1. The molecule has 0 spiro atoms. The molecule has 0 bridgehead atoms. The normalized spacial score (nSPS) is 12.1. The van der Waals surface area contributed by atoms with Crippen LogP contribution in [0.3, 0.4) is 0 Å². The van der Waals surface area contributed by atoms with E-state index < -0.39 is 17.9 Å². The zero-order valence-electron chi connectivity index (χ0n) is 8.93. The highest BCUT2D eigenvalue weighted by atomic mass is 16.4. The molecule has 16 heavy (non-hydrogen) atoms. The smallest absolute Gasteiger partial charge is 0.320 e. The van der Waals surface area contributed by atoms with Crippen molar-refractivity contribution in [2.75, 3.05) is 0 Å². The molecule has 1 atom stereocenters. The predicted molar refractivity (Wildman–Crippen MR) is 58.9 cm³/mol. The van der Waals surface area contributed by atoms with E-state index in [9.17, 15) is 9.59 Å². The average molecular weight is 222 g/mol. The summed E-state index contributed by atoms with van der Waals surface area (Å²) < 4.78 is 0. The number of benzene rings is 1. The molecule has 0 heterocycles. The van der Waals surface area contributed by atoms with Gasteiger partial charge in [-0.15, -0.1) is 0 Å². The minimum Gasteiger partial charge on any atom is -0.480 e. The van der Waals surface area contributed by atoms with Crippen molar-refractivity contribution < 1.29 is 14.7 Å². The van der Waals surface area contributed by atoms with Crippen LogP contribution in [-0.2, 0) is 11.3 Å². The summed E-state index contributed by atoms with van der Waals surface area (Å²) in [6, 6.07) is 6.17. The lowest BCUT2D eigenvalue weighted by Gasteiger charge is -2.11. The van der Waals surface area contributed by atoms with Gasteiger partial charge in [0.2, 0.25) is 5.91 Å². The fourth-order valence-corrected chi connectivity index (χ4v) is 1.27. The monoisotopic (exact) mass is 222 g/mol. The molecule has 1 rings (SSSR count). The van der Waals surface area contributed by atoms with Gasteiger partial charge in [0.15, 0.2) is 0 Å². The zero-order chi connectivity index (χ0) is 12.1. The second-order valence-electron chi connectivity index (χ2n) is 3.46. The van der Waals surface area contributed by atoms with E-state index in [0.29, 0.717) is 17.7 Å². The molecule has 0 radical (unpaired) electrons. The molecule has 1 unspecified atom stereocenters. The highest BCUT2D eigenvalue weighted by Gasteiger charge is 2.12. The molecule has 1 aromatic carbocycles. The number of aliphatic carboxylic acids is 1. The summed E-state index contributed by atoms with van der Waals surface area (Å²) in [5.41, 5.74) is 6.30. The summed E-state index contributed by atoms with van der Waals surface area (Å²) in [4.78, 5) is 21.7. The summed E-state index contributed by atoms with van der Waals surface area (Å²) in [6.45, 7) is 1.84. The minimum absolute atomic E-state index is 0.298. The van der Waals surface area contributed by atoms with Crippen molar-refractivity contribution >= 4 is 11.9 Å². The third-order valence-electron chi connectivity index (χ3n) is 2.25. The van der Waals surface area contributed by atoms with Crippen LogP contribution in [0, 0.1) is 0 Å². The van der Waals surface area contributed by atoms with Gasteiger partial charge in [-0.2, -0.15) is 0 Å². The molecule has 86 valence electrons. The molecule has 4 N–H and O–H groups in total. The van der Waals surface area contributed by atoms with E-state index in [0.717, 1.165) is 0 Å². The van der Waals surface area contributed by atoms with Gasteiger partial charge >= 0.3 is 5.97 Å². The van der Waals surface area contributed by atoms with Crippen LogP contribution in [0.15, 0.2) is 24.3 Å². The first-order valence-electron chi connectivity index (χ1n) is 4.86. The van der Waals surface area contributed by atoms with Crippen LogP contribution in [-0.4, -0.2) is 23.0 Å². The van der Waals surface area contributed by atoms with Gasteiger partial charge in [0.25, 0.3) is 0 Å². The van der Waals surface area contributed by atoms with Crippen molar-refractivity contribution in [2.45, 2.75) is 19.5 Å². The number of rotatable bonds is 5. The topological polar surface area (TPSA) is 92.4 Å². The maximum atomic E-state index is 11.1. The molecule has 1 amide bonds. The van der Waals surface area contributed by atoms with E-state index in [1.54, 1.807) is 24.3 Å². The average Bonchev–Trinajstić information content (AvgIpc) is 2.25. The van der Waals surface area contributed by atoms with Gasteiger partial charge in [-0.1, -0.05) is 18.2 Å². The Morgan fingerprint density at radius 3 is 2.62 bits per heavy atom. The number of carbonyl (C=O) groups excluding carboxylic acids is 1. The number of carboxylic acid groups (broad SMARTS) is 1. The Kier molecular flexibility index (Phi) is 4.02. The van der Waals surface area contributed by atoms with E-state index in [2.05, 4.69) is 5.32 Å². The van der Waals surface area contributed by atoms with Crippen LogP contribution in [0.4, 0.5) is 0 Å². The maximum absolute atomic E-state index is 11.1. The Bertz CT molecular complexity index is 404. The Morgan fingerprint density at radius 1 is 1.44 bits per heavy atom. The first-order chi connectivity index (χ1) is 7.52. The van der Waals surface area contributed by atoms with Crippen LogP contribution < -0.4 is 11.1 Å². The number of nitrogens with one attached hydrogen (secondary N) is 1. The molecule has 0 aliphatic heterocycles.